The summed E-state index contributed by atoms with van der Waals surface area (Å²) < 4.78 is 39.7. The summed E-state index contributed by atoms with van der Waals surface area (Å²) in [5, 5.41) is 0.00865. The molecule has 0 aliphatic carbocycles. The number of hydrogen-bond acceptors (Lipinski definition) is 6. The SMILES string of the molecule is COCCCN1C(=O)CCN(S(=O)(=O)c2cn(C)cn2)CC12CCOC2. The molecule has 2 fully saturated rings. The Bertz CT molecular complexity index is 742. The van der Waals surface area contributed by atoms with Crippen molar-refractivity contribution >= 4 is 15.9 Å². The van der Waals surface area contributed by atoms with E-state index in [0.717, 1.165) is 0 Å². The molecule has 0 aromatic carbocycles. The topological polar surface area (TPSA) is 94.0 Å². The number of methoxy groups -OCH3 is 1. The first kappa shape index (κ1) is 19.3. The van der Waals surface area contributed by atoms with E-state index in [0.29, 0.717) is 39.2 Å². The molecule has 2 aliphatic rings. The molecule has 1 aromatic heterocycles. The van der Waals surface area contributed by atoms with Crippen LogP contribution in [-0.2, 0) is 31.3 Å². The van der Waals surface area contributed by atoms with Gasteiger partial charge in [-0.3, -0.25) is 4.79 Å². The van der Waals surface area contributed by atoms with E-state index in [2.05, 4.69) is 4.98 Å². The van der Waals surface area contributed by atoms with Crippen molar-refractivity contribution in [1.29, 1.82) is 0 Å². The van der Waals surface area contributed by atoms with Gasteiger partial charge in [-0.1, -0.05) is 0 Å². The van der Waals surface area contributed by atoms with Crippen molar-refractivity contribution in [2.75, 3.05) is 46.6 Å². The van der Waals surface area contributed by atoms with Gasteiger partial charge in [0, 0.05) is 59.6 Å². The monoisotopic (exact) mass is 386 g/mol. The van der Waals surface area contributed by atoms with Crippen molar-refractivity contribution in [2.24, 2.45) is 7.05 Å². The molecule has 10 heteroatoms. The first-order chi connectivity index (χ1) is 12.4. The molecule has 2 saturated heterocycles. The zero-order valence-electron chi connectivity index (χ0n) is 15.3. The summed E-state index contributed by atoms with van der Waals surface area (Å²) in [4.78, 5) is 18.6. The number of rotatable bonds is 6. The Morgan fingerprint density at radius 2 is 2.23 bits per heavy atom. The Kier molecular flexibility index (Phi) is 5.66. The van der Waals surface area contributed by atoms with Gasteiger partial charge >= 0.3 is 0 Å². The third-order valence-electron chi connectivity index (χ3n) is 5.02. The molecule has 0 N–H and O–H groups in total. The number of aryl methyl sites for hydroxylation is 1. The first-order valence-corrected chi connectivity index (χ1v) is 10.2. The Morgan fingerprint density at radius 3 is 2.85 bits per heavy atom. The fourth-order valence-electron chi connectivity index (χ4n) is 3.63. The van der Waals surface area contributed by atoms with Crippen LogP contribution in [0.25, 0.3) is 0 Å². The van der Waals surface area contributed by atoms with Crippen molar-refractivity contribution < 1.29 is 22.7 Å². The molecule has 26 heavy (non-hydrogen) atoms. The van der Waals surface area contributed by atoms with Crippen LogP contribution in [0, 0.1) is 0 Å². The number of imidazole rings is 1. The van der Waals surface area contributed by atoms with Crippen molar-refractivity contribution in [2.45, 2.75) is 29.8 Å². The minimum Gasteiger partial charge on any atom is -0.385 e. The molecule has 2 aliphatic heterocycles. The molecule has 9 nitrogen and oxygen atoms in total. The van der Waals surface area contributed by atoms with Gasteiger partial charge in [-0.25, -0.2) is 13.4 Å². The second kappa shape index (κ2) is 7.63. The second-order valence-electron chi connectivity index (χ2n) is 6.88. The zero-order chi connectivity index (χ0) is 18.8. The van der Waals surface area contributed by atoms with Gasteiger partial charge in [-0.05, 0) is 12.8 Å². The minimum atomic E-state index is -3.76. The molecule has 1 unspecified atom stereocenters. The Hall–Kier alpha value is -1.49. The molecule has 0 bridgehead atoms. The van der Waals surface area contributed by atoms with Crippen LogP contribution in [-0.4, -0.2) is 85.2 Å². The third-order valence-corrected chi connectivity index (χ3v) is 6.75. The van der Waals surface area contributed by atoms with E-state index in [1.807, 2.05) is 4.90 Å². The number of aromatic nitrogens is 2. The van der Waals surface area contributed by atoms with Gasteiger partial charge in [0.2, 0.25) is 5.91 Å². The highest BCUT2D eigenvalue weighted by molar-refractivity contribution is 7.89. The van der Waals surface area contributed by atoms with E-state index in [1.54, 1.807) is 18.7 Å². The van der Waals surface area contributed by atoms with Crippen LogP contribution >= 0.6 is 0 Å². The minimum absolute atomic E-state index is 0.00865. The number of nitrogens with zero attached hydrogens (tertiary/aromatic N) is 4. The Balaban J connectivity index is 1.88. The highest BCUT2D eigenvalue weighted by Gasteiger charge is 2.48. The molecule has 1 spiro atoms. The quantitative estimate of drug-likeness (QED) is 0.631. The van der Waals surface area contributed by atoms with Gasteiger partial charge in [-0.2, -0.15) is 4.31 Å². The predicted octanol–water partition coefficient (Wildman–Crippen LogP) is -0.161. The lowest BCUT2D eigenvalue weighted by Crippen LogP contribution is -2.57. The molecular weight excluding hydrogens is 360 g/mol. The largest absolute Gasteiger partial charge is 0.385 e. The predicted molar refractivity (Wildman–Crippen MR) is 93.0 cm³/mol. The number of sulfonamides is 1. The van der Waals surface area contributed by atoms with Crippen molar-refractivity contribution in [3.8, 4) is 0 Å². The van der Waals surface area contributed by atoms with Gasteiger partial charge in [0.1, 0.15) is 0 Å². The summed E-state index contributed by atoms with van der Waals surface area (Å²) >= 11 is 0. The molecular formula is C16H26N4O5S. The maximum atomic E-state index is 13.0. The smallest absolute Gasteiger partial charge is 0.262 e. The lowest BCUT2D eigenvalue weighted by atomic mass is 9.96. The van der Waals surface area contributed by atoms with Crippen molar-refractivity contribution in [3.63, 3.8) is 0 Å². The number of amides is 1. The van der Waals surface area contributed by atoms with Crippen LogP contribution in [0.3, 0.4) is 0 Å². The van der Waals surface area contributed by atoms with Gasteiger partial charge in [0.05, 0.1) is 18.5 Å². The van der Waals surface area contributed by atoms with Crippen molar-refractivity contribution in [3.05, 3.63) is 12.5 Å². The zero-order valence-corrected chi connectivity index (χ0v) is 16.1. The van der Waals surface area contributed by atoms with Gasteiger partial charge in [-0.15, -0.1) is 0 Å². The van der Waals surface area contributed by atoms with E-state index in [4.69, 9.17) is 9.47 Å². The molecule has 0 saturated carbocycles. The fraction of sp³-hybridized carbons (Fsp3) is 0.750. The van der Waals surface area contributed by atoms with Gasteiger partial charge in [0.15, 0.2) is 5.03 Å². The van der Waals surface area contributed by atoms with Crippen LogP contribution in [0.1, 0.15) is 19.3 Å². The summed E-state index contributed by atoms with van der Waals surface area (Å²) in [5.74, 6) is -0.0367. The first-order valence-electron chi connectivity index (χ1n) is 8.74. The van der Waals surface area contributed by atoms with E-state index in [1.165, 1.54) is 16.8 Å². The summed E-state index contributed by atoms with van der Waals surface area (Å²) in [5.41, 5.74) is -0.622. The number of ether oxygens (including phenoxy) is 2. The highest BCUT2D eigenvalue weighted by Crippen LogP contribution is 2.32. The van der Waals surface area contributed by atoms with Crippen LogP contribution in [0.2, 0.25) is 0 Å². The van der Waals surface area contributed by atoms with Gasteiger partial charge < -0.3 is 18.9 Å². The van der Waals surface area contributed by atoms with E-state index < -0.39 is 15.6 Å². The summed E-state index contributed by atoms with van der Waals surface area (Å²) in [6.07, 6.45) is 4.43. The molecule has 0 radical (unpaired) electrons. The average molecular weight is 386 g/mol. The molecule has 1 atom stereocenters. The number of carbonyl (C=O) groups is 1. The van der Waals surface area contributed by atoms with Crippen LogP contribution in [0.4, 0.5) is 0 Å². The number of hydrogen-bond donors (Lipinski definition) is 0. The third kappa shape index (κ3) is 3.64. The van der Waals surface area contributed by atoms with Gasteiger partial charge in [0.25, 0.3) is 10.0 Å². The van der Waals surface area contributed by atoms with E-state index in [-0.39, 0.29) is 30.4 Å². The molecule has 3 rings (SSSR count). The maximum Gasteiger partial charge on any atom is 0.262 e. The summed E-state index contributed by atoms with van der Waals surface area (Å²) in [6.45, 7) is 2.33. The molecule has 3 heterocycles. The summed E-state index contributed by atoms with van der Waals surface area (Å²) in [6, 6.07) is 0. The summed E-state index contributed by atoms with van der Waals surface area (Å²) in [7, 11) is -0.409. The molecule has 1 aromatic rings. The number of carbonyl (C=O) groups excluding carboxylic acids is 1. The molecule has 146 valence electrons. The average Bonchev–Trinajstić information content (AvgIpc) is 3.22. The highest BCUT2D eigenvalue weighted by atomic mass is 32.2. The second-order valence-corrected chi connectivity index (χ2v) is 8.77. The fourth-order valence-corrected chi connectivity index (χ4v) is 5.12. The van der Waals surface area contributed by atoms with Crippen LogP contribution in [0.15, 0.2) is 17.6 Å². The maximum absolute atomic E-state index is 13.0. The van der Waals surface area contributed by atoms with Crippen LogP contribution < -0.4 is 0 Å². The normalized spacial score (nSPS) is 25.2. The van der Waals surface area contributed by atoms with Crippen LogP contribution in [0.5, 0.6) is 0 Å². The Labute approximate surface area is 153 Å². The molecule has 1 amide bonds. The van der Waals surface area contributed by atoms with E-state index >= 15 is 0 Å². The Morgan fingerprint density at radius 1 is 1.42 bits per heavy atom. The standard InChI is InChI=1S/C16H26N4O5S/c1-18-10-14(17-13-18)26(22,23)19-7-4-15(21)20(6-3-8-24-2)16(11-19)5-9-25-12-16/h10,13H,3-9,11-12H2,1-2H3. The van der Waals surface area contributed by atoms with E-state index in [9.17, 15) is 13.2 Å². The lowest BCUT2D eigenvalue weighted by molar-refractivity contribution is -0.136. The van der Waals surface area contributed by atoms with Crippen molar-refractivity contribution in [1.82, 2.24) is 18.8 Å². The lowest BCUT2D eigenvalue weighted by Gasteiger charge is -2.40.